The first-order valence-corrected chi connectivity index (χ1v) is 15.0. The Kier molecular flexibility index (Phi) is 14.1. The van der Waals surface area contributed by atoms with E-state index >= 15 is 0 Å². The fourth-order valence-corrected chi connectivity index (χ4v) is 5.39. The van der Waals surface area contributed by atoms with E-state index in [1.165, 1.54) is 31.4 Å². The molecule has 0 aromatic heterocycles. The minimum absolute atomic E-state index is 0.00921. The van der Waals surface area contributed by atoms with Crippen molar-refractivity contribution >= 4 is 35.8 Å². The highest BCUT2D eigenvalue weighted by molar-refractivity contribution is 5.85. The summed E-state index contributed by atoms with van der Waals surface area (Å²) in [5.74, 6) is -8.06. The molecule has 2 heterocycles. The van der Waals surface area contributed by atoms with Gasteiger partial charge in [0, 0.05) is 0 Å². The van der Waals surface area contributed by atoms with Crippen LogP contribution in [-0.2, 0) is 54.2 Å². The number of esters is 4. The zero-order valence-corrected chi connectivity index (χ0v) is 26.6. The summed E-state index contributed by atoms with van der Waals surface area (Å²) in [5, 5.41) is 0. The van der Waals surface area contributed by atoms with Gasteiger partial charge in [0.2, 0.25) is 0 Å². The van der Waals surface area contributed by atoms with Crippen molar-refractivity contribution in [2.75, 3.05) is 33.4 Å². The Labute approximate surface area is 277 Å². The number of carbonyl (C=O) groups is 4. The van der Waals surface area contributed by atoms with E-state index < -0.39 is 72.0 Å². The number of ether oxygens (including phenoxy) is 6. The third-order valence-corrected chi connectivity index (χ3v) is 7.55. The number of methoxy groups -OCH3 is 1. The number of carbonyl (C=O) groups excluding carboxylic acids is 4. The molecule has 0 amide bonds. The van der Waals surface area contributed by atoms with Crippen molar-refractivity contribution < 1.29 is 47.6 Å². The van der Waals surface area contributed by atoms with E-state index in [-0.39, 0.29) is 44.8 Å². The van der Waals surface area contributed by atoms with Crippen molar-refractivity contribution in [1.29, 1.82) is 0 Å². The predicted molar refractivity (Wildman–Crippen MR) is 172 cm³/mol. The molecule has 48 heavy (non-hydrogen) atoms. The van der Waals surface area contributed by atoms with Crippen LogP contribution < -0.4 is 22.9 Å². The van der Waals surface area contributed by atoms with Crippen LogP contribution in [0.5, 0.6) is 0 Å². The summed E-state index contributed by atoms with van der Waals surface area (Å²) in [6.07, 6.45) is 1.63. The van der Waals surface area contributed by atoms with Gasteiger partial charge in [-0.15, -0.1) is 13.2 Å². The summed E-state index contributed by atoms with van der Waals surface area (Å²) in [5.41, 5.74) is 22.1. The highest BCUT2D eigenvalue weighted by atomic mass is 16.6. The molecular formula is C32H42N6O10. The second-order valence-electron chi connectivity index (χ2n) is 10.7. The fraction of sp³-hybridized carbons (Fsp3) is 0.438. The van der Waals surface area contributed by atoms with Gasteiger partial charge in [0.25, 0.3) is 0 Å². The average molecular weight is 671 g/mol. The van der Waals surface area contributed by atoms with Crippen molar-refractivity contribution in [2.45, 2.75) is 31.0 Å². The van der Waals surface area contributed by atoms with E-state index in [2.05, 4.69) is 23.1 Å². The molecule has 16 heteroatoms. The first kappa shape index (κ1) is 37.2. The maximum atomic E-state index is 13.4. The van der Waals surface area contributed by atoms with Crippen LogP contribution in [0.2, 0.25) is 0 Å². The molecule has 0 aliphatic carbocycles. The highest BCUT2D eigenvalue weighted by Gasteiger charge is 2.54. The Hall–Kier alpha value is -5.22. The third kappa shape index (κ3) is 9.89. The van der Waals surface area contributed by atoms with Crippen LogP contribution in [0, 0.1) is 23.7 Å². The summed E-state index contributed by atoms with van der Waals surface area (Å²) >= 11 is 0. The predicted octanol–water partition coefficient (Wildman–Crippen LogP) is -0.536. The van der Waals surface area contributed by atoms with Gasteiger partial charge in [0.1, 0.15) is 43.5 Å². The lowest BCUT2D eigenvalue weighted by Gasteiger charge is -2.21. The van der Waals surface area contributed by atoms with Crippen LogP contribution in [0.4, 0.5) is 0 Å². The third-order valence-electron chi connectivity index (χ3n) is 7.55. The molecule has 1 aromatic carbocycles. The molecule has 0 spiro atoms. The van der Waals surface area contributed by atoms with E-state index in [1.807, 2.05) is 6.07 Å². The van der Waals surface area contributed by atoms with Crippen molar-refractivity contribution in [3.63, 3.8) is 0 Å². The van der Waals surface area contributed by atoms with Gasteiger partial charge >= 0.3 is 23.9 Å². The Balaban J connectivity index is 1.87. The first-order chi connectivity index (χ1) is 23.0. The van der Waals surface area contributed by atoms with Gasteiger partial charge in [-0.05, 0) is 5.56 Å². The van der Waals surface area contributed by atoms with E-state index in [9.17, 15) is 19.2 Å². The molecule has 2 aliphatic rings. The summed E-state index contributed by atoms with van der Waals surface area (Å²) in [6.45, 7) is 7.06. The number of benzene rings is 1. The number of rotatable bonds is 16. The van der Waals surface area contributed by atoms with E-state index in [0.717, 1.165) is 5.56 Å². The second-order valence-corrected chi connectivity index (χ2v) is 10.7. The summed E-state index contributed by atoms with van der Waals surface area (Å²) in [4.78, 5) is 60.6. The topological polar surface area (TPSA) is 252 Å². The number of hydrogen-bond acceptors (Lipinski definition) is 12. The zero-order valence-electron chi connectivity index (χ0n) is 26.6. The lowest BCUT2D eigenvalue weighted by molar-refractivity contribution is -0.159. The van der Waals surface area contributed by atoms with E-state index in [0.29, 0.717) is 0 Å². The molecular weight excluding hydrogens is 628 g/mol. The number of aliphatic imine (C=N–C) groups is 2. The number of guanidine groups is 2. The lowest BCUT2D eigenvalue weighted by atomic mass is 9.85. The lowest BCUT2D eigenvalue weighted by Crippen LogP contribution is -2.37. The van der Waals surface area contributed by atoms with Gasteiger partial charge in [-0.25, -0.2) is 0 Å². The standard InChI is InChI=1S/C32H42N6O10/c1-4-19-23(30(42)46-17-18-9-7-6-8-10-18)25(27(39)43-3)21(47-19)11-12-22-26(29(41)45-16-14-38-32(35)36)24(20(5-2)48-22)28(40)44-15-13-37-31(33)34/h4-12,19-26H,1-2,13-17H2,3H3,(H4,33,34,37)(H4,35,36,38)/b12-11-. The van der Waals surface area contributed by atoms with Gasteiger partial charge in [-0.2, -0.15) is 0 Å². The van der Waals surface area contributed by atoms with Crippen LogP contribution in [-0.4, -0.2) is 93.6 Å². The number of nitrogens with zero attached hydrogens (tertiary/aromatic N) is 2. The van der Waals surface area contributed by atoms with Crippen LogP contribution in [0.25, 0.3) is 0 Å². The first-order valence-electron chi connectivity index (χ1n) is 15.0. The summed E-state index contributed by atoms with van der Waals surface area (Å²) in [6, 6.07) is 9.02. The van der Waals surface area contributed by atoms with Crippen LogP contribution in [0.1, 0.15) is 5.56 Å². The van der Waals surface area contributed by atoms with Gasteiger partial charge in [-0.3, -0.25) is 29.2 Å². The molecule has 16 nitrogen and oxygen atoms in total. The molecule has 8 unspecified atom stereocenters. The minimum Gasteiger partial charge on any atom is -0.469 e. The molecule has 0 bridgehead atoms. The van der Waals surface area contributed by atoms with E-state index in [4.69, 9.17) is 51.4 Å². The summed E-state index contributed by atoms with van der Waals surface area (Å²) < 4.78 is 33.4. The molecule has 3 rings (SSSR count). The average Bonchev–Trinajstić information content (AvgIpc) is 3.64. The van der Waals surface area contributed by atoms with Crippen molar-refractivity contribution in [3.05, 3.63) is 73.4 Å². The molecule has 2 fully saturated rings. The number of nitrogens with two attached hydrogens (primary N) is 4. The van der Waals surface area contributed by atoms with Crippen molar-refractivity contribution in [1.82, 2.24) is 0 Å². The molecule has 260 valence electrons. The van der Waals surface area contributed by atoms with Gasteiger partial charge in [0.15, 0.2) is 11.9 Å². The maximum absolute atomic E-state index is 13.4. The maximum Gasteiger partial charge on any atom is 0.313 e. The molecule has 2 aliphatic heterocycles. The largest absolute Gasteiger partial charge is 0.469 e. The molecule has 0 saturated carbocycles. The quantitative estimate of drug-likeness (QED) is 0.0431. The van der Waals surface area contributed by atoms with Gasteiger partial charge in [-0.1, -0.05) is 54.6 Å². The highest BCUT2D eigenvalue weighted by Crippen LogP contribution is 2.39. The van der Waals surface area contributed by atoms with E-state index in [1.54, 1.807) is 24.3 Å². The normalized spacial score (nSPS) is 26.2. The monoisotopic (exact) mass is 670 g/mol. The summed E-state index contributed by atoms with van der Waals surface area (Å²) in [7, 11) is 1.18. The molecule has 8 atom stereocenters. The Morgan fingerprint density at radius 3 is 1.52 bits per heavy atom. The smallest absolute Gasteiger partial charge is 0.313 e. The van der Waals surface area contributed by atoms with Crippen LogP contribution >= 0.6 is 0 Å². The van der Waals surface area contributed by atoms with Gasteiger partial charge < -0.3 is 51.4 Å². The minimum atomic E-state index is -1.24. The number of hydrogen-bond donors (Lipinski definition) is 4. The fourth-order valence-electron chi connectivity index (χ4n) is 5.39. The van der Waals surface area contributed by atoms with Crippen molar-refractivity contribution in [2.24, 2.45) is 56.6 Å². The van der Waals surface area contributed by atoms with Crippen molar-refractivity contribution in [3.8, 4) is 0 Å². The second kappa shape index (κ2) is 18.2. The Morgan fingerprint density at radius 2 is 1.10 bits per heavy atom. The molecule has 0 radical (unpaired) electrons. The zero-order chi connectivity index (χ0) is 35.2. The van der Waals surface area contributed by atoms with Crippen LogP contribution in [0.3, 0.4) is 0 Å². The van der Waals surface area contributed by atoms with Crippen LogP contribution in [0.15, 0.2) is 77.8 Å². The molecule has 8 N–H and O–H groups in total. The molecule has 2 saturated heterocycles. The Morgan fingerprint density at radius 1 is 0.688 bits per heavy atom. The molecule has 1 aromatic rings. The Bertz CT molecular complexity index is 1390. The SMILES string of the molecule is C=CC1OC(/C=C\C2OC(C=C)C(C(=O)OCCN=C(N)N)C2C(=O)OCCN=C(N)N)C(C(=O)OC)C1C(=O)OCc1ccccc1. The van der Waals surface area contributed by atoms with Gasteiger partial charge in [0.05, 0.1) is 44.6 Å².